The summed E-state index contributed by atoms with van der Waals surface area (Å²) in [4.78, 5) is 44.7. The number of nitro groups is 1. The fraction of sp³-hybridized carbons (Fsp3) is 0.136. The fourth-order valence-electron chi connectivity index (χ4n) is 3.34. The minimum Gasteiger partial charge on any atom is -0.496 e. The number of thioether (sulfide) groups is 1. The molecule has 2 N–H and O–H groups in total. The molecule has 0 spiro atoms. The van der Waals surface area contributed by atoms with Gasteiger partial charge in [-0.05, 0) is 24.6 Å². The van der Waals surface area contributed by atoms with Crippen LogP contribution in [0.4, 0.5) is 11.4 Å². The Bertz CT molecular complexity index is 1420. The Morgan fingerprint density at radius 2 is 2.03 bits per heavy atom. The lowest BCUT2D eigenvalue weighted by Gasteiger charge is -2.07. The number of anilines is 1. The number of methoxy groups -OCH3 is 1. The summed E-state index contributed by atoms with van der Waals surface area (Å²) >= 11 is 2.46. The largest absolute Gasteiger partial charge is 0.496 e. The number of benzene rings is 2. The van der Waals surface area contributed by atoms with Crippen molar-refractivity contribution in [2.24, 2.45) is 0 Å². The van der Waals surface area contributed by atoms with Gasteiger partial charge in [-0.1, -0.05) is 42.1 Å². The molecule has 0 atom stereocenters. The Morgan fingerprint density at radius 3 is 2.73 bits per heavy atom. The van der Waals surface area contributed by atoms with Crippen LogP contribution in [-0.4, -0.2) is 33.7 Å². The van der Waals surface area contributed by atoms with Crippen molar-refractivity contribution in [2.75, 3.05) is 18.2 Å². The molecule has 1 amide bonds. The summed E-state index contributed by atoms with van der Waals surface area (Å²) in [5.74, 6) is -0.248. The minimum atomic E-state index is -0.596. The summed E-state index contributed by atoms with van der Waals surface area (Å²) in [6, 6.07) is 13.8. The molecule has 0 radical (unpaired) electrons. The number of hydrogen-bond acceptors (Lipinski definition) is 8. The third-order valence-corrected chi connectivity index (χ3v) is 6.67. The van der Waals surface area contributed by atoms with Crippen molar-refractivity contribution in [3.63, 3.8) is 0 Å². The highest BCUT2D eigenvalue weighted by Crippen LogP contribution is 2.36. The van der Waals surface area contributed by atoms with Crippen LogP contribution in [0.2, 0.25) is 0 Å². The van der Waals surface area contributed by atoms with Crippen molar-refractivity contribution in [3.8, 4) is 16.9 Å². The van der Waals surface area contributed by atoms with E-state index in [0.29, 0.717) is 21.1 Å². The molecule has 9 nitrogen and oxygen atoms in total. The second-order valence-electron chi connectivity index (χ2n) is 6.93. The lowest BCUT2D eigenvalue weighted by atomic mass is 10.0. The molecule has 2 aromatic heterocycles. The lowest BCUT2D eigenvalue weighted by Crippen LogP contribution is -2.16. The van der Waals surface area contributed by atoms with Crippen LogP contribution >= 0.6 is 23.1 Å². The van der Waals surface area contributed by atoms with E-state index in [0.717, 1.165) is 27.8 Å². The van der Waals surface area contributed by atoms with E-state index >= 15 is 0 Å². The summed E-state index contributed by atoms with van der Waals surface area (Å²) in [6.07, 6.45) is 0. The molecule has 0 aliphatic heterocycles. The number of nitrogens with zero attached hydrogens (tertiary/aromatic N) is 2. The van der Waals surface area contributed by atoms with Gasteiger partial charge < -0.3 is 15.0 Å². The number of aromatic nitrogens is 2. The van der Waals surface area contributed by atoms with Gasteiger partial charge in [0.05, 0.1) is 29.2 Å². The summed E-state index contributed by atoms with van der Waals surface area (Å²) in [5, 5.41) is 14.6. The molecule has 0 aliphatic carbocycles. The van der Waals surface area contributed by atoms with Gasteiger partial charge in [0.25, 0.3) is 11.2 Å². The highest BCUT2D eigenvalue weighted by atomic mass is 32.2. The van der Waals surface area contributed by atoms with E-state index in [1.807, 2.05) is 37.3 Å². The predicted molar refractivity (Wildman–Crippen MR) is 129 cm³/mol. The highest BCUT2D eigenvalue weighted by molar-refractivity contribution is 7.99. The quantitative estimate of drug-likeness (QED) is 0.170. The first-order valence-corrected chi connectivity index (χ1v) is 11.5. The van der Waals surface area contributed by atoms with Gasteiger partial charge in [-0.2, -0.15) is 0 Å². The Labute approximate surface area is 196 Å². The highest BCUT2D eigenvalue weighted by Gasteiger charge is 2.19. The van der Waals surface area contributed by atoms with E-state index in [-0.39, 0.29) is 22.7 Å². The number of carbonyl (C=O) groups is 1. The molecule has 0 fully saturated rings. The summed E-state index contributed by atoms with van der Waals surface area (Å²) in [5.41, 5.74) is 1.30. The van der Waals surface area contributed by atoms with E-state index < -0.39 is 10.8 Å². The van der Waals surface area contributed by atoms with Crippen molar-refractivity contribution in [3.05, 3.63) is 73.9 Å². The molecular formula is C22H18N4O5S2. The predicted octanol–water partition coefficient (Wildman–Crippen LogP) is 4.61. The van der Waals surface area contributed by atoms with Crippen LogP contribution in [-0.2, 0) is 4.79 Å². The van der Waals surface area contributed by atoms with Crippen LogP contribution in [0.1, 0.15) is 4.88 Å². The molecule has 2 aromatic carbocycles. The molecule has 33 heavy (non-hydrogen) atoms. The molecule has 0 bridgehead atoms. The fourth-order valence-corrected chi connectivity index (χ4v) is 5.10. The first-order chi connectivity index (χ1) is 15.9. The third-order valence-electron chi connectivity index (χ3n) is 4.79. The van der Waals surface area contributed by atoms with E-state index in [4.69, 9.17) is 4.74 Å². The van der Waals surface area contributed by atoms with Crippen LogP contribution in [0.5, 0.6) is 5.75 Å². The second kappa shape index (κ2) is 9.43. The number of thiophene rings is 1. The SMILES string of the molecule is COc1ccc(NC(=O)CSc2nc3sc(C)c(-c4ccccc4)c3c(=O)[nH]2)c([N+](=O)[O-])c1. The van der Waals surface area contributed by atoms with Crippen LogP contribution in [0.3, 0.4) is 0 Å². The number of ether oxygens (including phenoxy) is 1. The number of aryl methyl sites for hydroxylation is 1. The number of aromatic amines is 1. The molecule has 0 saturated carbocycles. The summed E-state index contributed by atoms with van der Waals surface area (Å²) < 4.78 is 4.99. The number of nitro benzene ring substituents is 1. The number of fused-ring (bicyclic) bond motifs is 1. The average Bonchev–Trinajstić information content (AvgIpc) is 3.14. The molecule has 0 aliphatic rings. The summed E-state index contributed by atoms with van der Waals surface area (Å²) in [7, 11) is 1.40. The van der Waals surface area contributed by atoms with Crippen molar-refractivity contribution in [1.29, 1.82) is 0 Å². The Balaban J connectivity index is 1.53. The maximum atomic E-state index is 12.8. The van der Waals surface area contributed by atoms with Crippen molar-refractivity contribution >= 4 is 50.6 Å². The number of nitrogens with one attached hydrogen (secondary N) is 2. The van der Waals surface area contributed by atoms with Crippen LogP contribution in [0.15, 0.2) is 58.5 Å². The van der Waals surface area contributed by atoms with Gasteiger partial charge in [0.2, 0.25) is 5.91 Å². The first-order valence-electron chi connectivity index (χ1n) is 9.71. The minimum absolute atomic E-state index is 0.0599. The van der Waals surface area contributed by atoms with Crippen LogP contribution in [0.25, 0.3) is 21.3 Å². The van der Waals surface area contributed by atoms with Gasteiger partial charge in [0.1, 0.15) is 16.3 Å². The zero-order valence-corrected chi connectivity index (χ0v) is 19.2. The Hall–Kier alpha value is -3.70. The molecule has 4 aromatic rings. The molecule has 0 unspecified atom stereocenters. The Kier molecular flexibility index (Phi) is 6.43. The zero-order chi connectivity index (χ0) is 23.5. The Morgan fingerprint density at radius 1 is 1.27 bits per heavy atom. The first kappa shape index (κ1) is 22.5. The number of rotatable bonds is 7. The van der Waals surface area contributed by atoms with Gasteiger partial charge in [-0.25, -0.2) is 4.98 Å². The van der Waals surface area contributed by atoms with Crippen molar-refractivity contribution < 1.29 is 14.5 Å². The van der Waals surface area contributed by atoms with Crippen LogP contribution in [0, 0.1) is 17.0 Å². The van der Waals surface area contributed by atoms with E-state index in [9.17, 15) is 19.7 Å². The molecule has 11 heteroatoms. The lowest BCUT2D eigenvalue weighted by molar-refractivity contribution is -0.384. The molecular weight excluding hydrogens is 464 g/mol. The standard InChI is InChI=1S/C22H18N4O5S2/c1-12-18(13-6-4-3-5-7-13)19-20(28)24-22(25-21(19)33-12)32-11-17(27)23-15-9-8-14(31-2)10-16(15)26(29)30/h3-10H,11H2,1-2H3,(H,23,27)(H,24,25,28). The second-order valence-corrected chi connectivity index (χ2v) is 9.09. The number of H-pyrrole nitrogens is 1. The van der Waals surface area contributed by atoms with Gasteiger partial charge >= 0.3 is 0 Å². The van der Waals surface area contributed by atoms with E-state index in [1.165, 1.54) is 36.6 Å². The van der Waals surface area contributed by atoms with Crippen molar-refractivity contribution in [2.45, 2.75) is 12.1 Å². The normalized spacial score (nSPS) is 10.8. The maximum absolute atomic E-state index is 12.8. The van der Waals surface area contributed by atoms with Gasteiger partial charge in [0, 0.05) is 10.4 Å². The van der Waals surface area contributed by atoms with E-state index in [1.54, 1.807) is 0 Å². The van der Waals surface area contributed by atoms with Crippen LogP contribution < -0.4 is 15.6 Å². The molecule has 2 heterocycles. The monoisotopic (exact) mass is 482 g/mol. The average molecular weight is 483 g/mol. The molecule has 4 rings (SSSR count). The van der Waals surface area contributed by atoms with E-state index in [2.05, 4.69) is 15.3 Å². The number of hydrogen-bond donors (Lipinski definition) is 2. The summed E-state index contributed by atoms with van der Waals surface area (Å²) in [6.45, 7) is 1.94. The zero-order valence-electron chi connectivity index (χ0n) is 17.6. The smallest absolute Gasteiger partial charge is 0.296 e. The topological polar surface area (TPSA) is 127 Å². The molecule has 168 valence electrons. The van der Waals surface area contributed by atoms with Gasteiger partial charge in [-0.3, -0.25) is 19.7 Å². The maximum Gasteiger partial charge on any atom is 0.296 e. The van der Waals surface area contributed by atoms with Gasteiger partial charge in [-0.15, -0.1) is 11.3 Å². The molecule has 0 saturated heterocycles. The number of carbonyl (C=O) groups excluding carboxylic acids is 1. The van der Waals surface area contributed by atoms with Crippen molar-refractivity contribution in [1.82, 2.24) is 9.97 Å². The van der Waals surface area contributed by atoms with Gasteiger partial charge in [0.15, 0.2) is 5.16 Å². The third kappa shape index (κ3) is 4.73. The number of amides is 1.